The molecule has 1 fully saturated rings. The van der Waals surface area contributed by atoms with Crippen molar-refractivity contribution in [3.63, 3.8) is 0 Å². The molecule has 2 aliphatic rings. The Bertz CT molecular complexity index is 919. The fraction of sp³-hybridized carbons (Fsp3) is 0.667. The van der Waals surface area contributed by atoms with Gasteiger partial charge in [-0.25, -0.2) is 4.79 Å². The van der Waals surface area contributed by atoms with E-state index >= 15 is 0 Å². The summed E-state index contributed by atoms with van der Waals surface area (Å²) in [7, 11) is 0. The number of hydrogen-bond donors (Lipinski definition) is 1. The van der Waals surface area contributed by atoms with Crippen LogP contribution < -0.4 is 5.32 Å². The standard InChI is InChI=1S/C27H40N2O4/c1-25(2,3)33-24(32)29-14-10-18(11-15-29)22(30)17-28-23(31)19-8-9-20-21(16-19)27(6,7)13-12-26(20,4)5/h8-9,16,18H,10-15,17H2,1-7H3,(H,28,31). The first-order valence-corrected chi connectivity index (χ1v) is 12.1. The monoisotopic (exact) mass is 456 g/mol. The average Bonchev–Trinajstić information content (AvgIpc) is 2.73. The molecule has 2 amide bonds. The summed E-state index contributed by atoms with van der Waals surface area (Å²) in [5.74, 6) is -0.338. The van der Waals surface area contributed by atoms with Gasteiger partial charge in [-0.3, -0.25) is 9.59 Å². The smallest absolute Gasteiger partial charge is 0.410 e. The first kappa shape index (κ1) is 25.3. The van der Waals surface area contributed by atoms with E-state index in [2.05, 4.69) is 39.1 Å². The molecule has 0 bridgehead atoms. The molecule has 1 saturated heterocycles. The number of amides is 2. The molecule has 0 radical (unpaired) electrons. The number of benzene rings is 1. The highest BCUT2D eigenvalue weighted by atomic mass is 16.6. The number of ketones is 1. The molecule has 0 unspecified atom stereocenters. The van der Waals surface area contributed by atoms with Crippen LogP contribution >= 0.6 is 0 Å². The van der Waals surface area contributed by atoms with Crippen LogP contribution in [-0.2, 0) is 20.4 Å². The molecular weight excluding hydrogens is 416 g/mol. The number of nitrogens with zero attached hydrogens (tertiary/aromatic N) is 1. The van der Waals surface area contributed by atoms with Gasteiger partial charge in [0, 0.05) is 24.6 Å². The average molecular weight is 457 g/mol. The van der Waals surface area contributed by atoms with Crippen LogP contribution in [0.2, 0.25) is 0 Å². The Morgan fingerprint density at radius 1 is 1.00 bits per heavy atom. The Kier molecular flexibility index (Phi) is 6.97. The van der Waals surface area contributed by atoms with Gasteiger partial charge >= 0.3 is 6.09 Å². The van der Waals surface area contributed by atoms with Gasteiger partial charge < -0.3 is 15.0 Å². The Morgan fingerprint density at radius 3 is 2.15 bits per heavy atom. The van der Waals surface area contributed by atoms with E-state index in [1.807, 2.05) is 32.9 Å². The molecule has 0 aromatic heterocycles. The topological polar surface area (TPSA) is 75.7 Å². The highest BCUT2D eigenvalue weighted by Crippen LogP contribution is 2.45. The predicted molar refractivity (Wildman–Crippen MR) is 130 cm³/mol. The van der Waals surface area contributed by atoms with Gasteiger partial charge in [0.25, 0.3) is 5.91 Å². The Labute approximate surface area is 198 Å². The van der Waals surface area contributed by atoms with E-state index < -0.39 is 5.60 Å². The van der Waals surface area contributed by atoms with Gasteiger partial charge in [-0.2, -0.15) is 0 Å². The van der Waals surface area contributed by atoms with Crippen LogP contribution in [0.3, 0.4) is 0 Å². The molecule has 6 nitrogen and oxygen atoms in total. The van der Waals surface area contributed by atoms with Crippen molar-refractivity contribution in [2.24, 2.45) is 5.92 Å². The van der Waals surface area contributed by atoms with Crippen molar-refractivity contribution < 1.29 is 19.1 Å². The van der Waals surface area contributed by atoms with Crippen molar-refractivity contribution in [3.05, 3.63) is 34.9 Å². The lowest BCUT2D eigenvalue weighted by Crippen LogP contribution is -2.44. The van der Waals surface area contributed by atoms with Crippen LogP contribution in [0.4, 0.5) is 4.79 Å². The molecule has 182 valence electrons. The normalized spacial score (nSPS) is 20.0. The van der Waals surface area contributed by atoms with Gasteiger partial charge in [0.05, 0.1) is 6.54 Å². The Morgan fingerprint density at radius 2 is 1.58 bits per heavy atom. The molecule has 33 heavy (non-hydrogen) atoms. The van der Waals surface area contributed by atoms with Crippen molar-refractivity contribution in [1.29, 1.82) is 0 Å². The maximum absolute atomic E-state index is 12.8. The quantitative estimate of drug-likeness (QED) is 0.693. The van der Waals surface area contributed by atoms with E-state index in [4.69, 9.17) is 4.74 Å². The molecule has 1 aromatic rings. The van der Waals surface area contributed by atoms with E-state index in [0.717, 1.165) is 12.8 Å². The van der Waals surface area contributed by atoms with Crippen LogP contribution in [0, 0.1) is 5.92 Å². The van der Waals surface area contributed by atoms with Crippen molar-refractivity contribution in [1.82, 2.24) is 10.2 Å². The number of Topliss-reactive ketones (excluding diaryl/α,β-unsaturated/α-hetero) is 1. The number of likely N-dealkylation sites (tertiary alicyclic amines) is 1. The molecule has 0 saturated carbocycles. The van der Waals surface area contributed by atoms with Gasteiger partial charge in [-0.1, -0.05) is 33.8 Å². The second-order valence-corrected chi connectivity index (χ2v) is 11.9. The van der Waals surface area contributed by atoms with Gasteiger partial charge in [0.2, 0.25) is 0 Å². The van der Waals surface area contributed by atoms with Crippen molar-refractivity contribution in [3.8, 4) is 0 Å². The Hall–Kier alpha value is -2.37. The second kappa shape index (κ2) is 9.11. The molecule has 3 rings (SSSR count). The van der Waals surface area contributed by atoms with Crippen molar-refractivity contribution in [2.45, 2.75) is 90.6 Å². The fourth-order valence-electron chi connectivity index (χ4n) is 4.85. The third kappa shape index (κ3) is 5.96. The van der Waals surface area contributed by atoms with E-state index in [0.29, 0.717) is 31.5 Å². The number of fused-ring (bicyclic) bond motifs is 1. The summed E-state index contributed by atoms with van der Waals surface area (Å²) < 4.78 is 5.41. The first-order valence-electron chi connectivity index (χ1n) is 12.1. The lowest BCUT2D eigenvalue weighted by molar-refractivity contribution is -0.123. The maximum Gasteiger partial charge on any atom is 0.410 e. The lowest BCUT2D eigenvalue weighted by atomic mass is 9.63. The maximum atomic E-state index is 12.8. The SMILES string of the molecule is CC(C)(C)OC(=O)N1CCC(C(=O)CNC(=O)c2ccc3c(c2)C(C)(C)CCC3(C)C)CC1. The summed E-state index contributed by atoms with van der Waals surface area (Å²) in [6.45, 7) is 15.5. The summed E-state index contributed by atoms with van der Waals surface area (Å²) >= 11 is 0. The minimum absolute atomic E-state index is 0.0158. The minimum Gasteiger partial charge on any atom is -0.444 e. The molecule has 1 heterocycles. The predicted octanol–water partition coefficient (Wildman–Crippen LogP) is 4.98. The highest BCUT2D eigenvalue weighted by molar-refractivity contribution is 5.97. The van der Waals surface area contributed by atoms with Gasteiger partial charge in [0.1, 0.15) is 5.60 Å². The third-order valence-corrected chi connectivity index (χ3v) is 7.14. The van der Waals surface area contributed by atoms with Crippen LogP contribution in [0.1, 0.15) is 95.6 Å². The van der Waals surface area contributed by atoms with Crippen LogP contribution in [-0.4, -0.2) is 47.9 Å². The Balaban J connectivity index is 1.55. The van der Waals surface area contributed by atoms with E-state index in [1.54, 1.807) is 4.90 Å². The zero-order valence-corrected chi connectivity index (χ0v) is 21.3. The molecule has 1 N–H and O–H groups in total. The van der Waals surface area contributed by atoms with Gasteiger partial charge in [0.15, 0.2) is 5.78 Å². The van der Waals surface area contributed by atoms with Crippen LogP contribution in [0.5, 0.6) is 0 Å². The molecule has 1 aromatic carbocycles. The van der Waals surface area contributed by atoms with Crippen molar-refractivity contribution >= 4 is 17.8 Å². The number of nitrogens with one attached hydrogen (secondary N) is 1. The molecule has 0 atom stereocenters. The van der Waals surface area contributed by atoms with Gasteiger partial charge in [-0.05, 0) is 80.5 Å². The molecule has 0 spiro atoms. The first-order chi connectivity index (χ1) is 15.2. The second-order valence-electron chi connectivity index (χ2n) is 11.9. The fourth-order valence-corrected chi connectivity index (χ4v) is 4.85. The zero-order valence-electron chi connectivity index (χ0n) is 21.3. The van der Waals surface area contributed by atoms with E-state index in [9.17, 15) is 14.4 Å². The summed E-state index contributed by atoms with van der Waals surface area (Å²) in [4.78, 5) is 39.4. The van der Waals surface area contributed by atoms with Crippen LogP contribution in [0.25, 0.3) is 0 Å². The lowest BCUT2D eigenvalue weighted by Gasteiger charge is -2.42. The summed E-state index contributed by atoms with van der Waals surface area (Å²) in [6.07, 6.45) is 3.06. The number of carbonyl (C=O) groups is 3. The molecule has 1 aliphatic carbocycles. The largest absolute Gasteiger partial charge is 0.444 e. The number of piperidine rings is 1. The molecule has 6 heteroatoms. The summed E-state index contributed by atoms with van der Waals surface area (Å²) in [5, 5.41) is 2.82. The minimum atomic E-state index is -0.532. The van der Waals surface area contributed by atoms with E-state index in [1.165, 1.54) is 11.1 Å². The third-order valence-electron chi connectivity index (χ3n) is 7.14. The van der Waals surface area contributed by atoms with Crippen LogP contribution in [0.15, 0.2) is 18.2 Å². The summed E-state index contributed by atoms with van der Waals surface area (Å²) in [5.41, 5.74) is 2.74. The molecular formula is C27H40N2O4. The molecule has 1 aliphatic heterocycles. The van der Waals surface area contributed by atoms with E-state index in [-0.39, 0.29) is 41.1 Å². The number of ether oxygens (including phenoxy) is 1. The number of rotatable bonds is 4. The summed E-state index contributed by atoms with van der Waals surface area (Å²) in [6, 6.07) is 5.97. The zero-order chi connectivity index (χ0) is 24.6. The van der Waals surface area contributed by atoms with Gasteiger partial charge in [-0.15, -0.1) is 0 Å². The number of carbonyl (C=O) groups excluding carboxylic acids is 3. The number of hydrogen-bond acceptors (Lipinski definition) is 4. The van der Waals surface area contributed by atoms with Crippen molar-refractivity contribution in [2.75, 3.05) is 19.6 Å². The highest BCUT2D eigenvalue weighted by Gasteiger charge is 2.37.